The molecule has 0 bridgehead atoms. The van der Waals surface area contributed by atoms with E-state index in [0.29, 0.717) is 11.8 Å². The summed E-state index contributed by atoms with van der Waals surface area (Å²) in [7, 11) is 0. The summed E-state index contributed by atoms with van der Waals surface area (Å²) in [5.41, 5.74) is 2.87. The van der Waals surface area contributed by atoms with Crippen molar-refractivity contribution < 1.29 is 4.79 Å². The first-order chi connectivity index (χ1) is 13.2. The van der Waals surface area contributed by atoms with Crippen molar-refractivity contribution in [3.63, 3.8) is 0 Å². The first-order valence-corrected chi connectivity index (χ1v) is 10.1. The fourth-order valence-corrected chi connectivity index (χ4v) is 4.81. The number of benzene rings is 1. The highest BCUT2D eigenvalue weighted by atomic mass is 16.2. The van der Waals surface area contributed by atoms with Crippen molar-refractivity contribution in [2.75, 3.05) is 24.5 Å². The molecule has 0 atom stereocenters. The van der Waals surface area contributed by atoms with Crippen molar-refractivity contribution in [1.29, 1.82) is 0 Å². The summed E-state index contributed by atoms with van der Waals surface area (Å²) in [5, 5.41) is 0. The number of fused-ring (bicyclic) bond motifs is 2. The van der Waals surface area contributed by atoms with Gasteiger partial charge in [-0.05, 0) is 42.7 Å². The van der Waals surface area contributed by atoms with Crippen LogP contribution >= 0.6 is 0 Å². The molecule has 5 heteroatoms. The molecule has 140 valence electrons. The highest BCUT2D eigenvalue weighted by molar-refractivity contribution is 5.77. The molecular weight excluding hydrogens is 336 g/mol. The van der Waals surface area contributed by atoms with E-state index < -0.39 is 0 Å². The third-order valence-electron chi connectivity index (χ3n) is 6.55. The normalized spacial score (nSPS) is 21.2. The Kier molecular flexibility index (Phi) is 4.10. The van der Waals surface area contributed by atoms with Crippen LogP contribution in [-0.2, 0) is 16.8 Å². The van der Waals surface area contributed by atoms with Crippen LogP contribution in [0.5, 0.6) is 0 Å². The van der Waals surface area contributed by atoms with Crippen LogP contribution in [-0.4, -0.2) is 40.4 Å². The van der Waals surface area contributed by atoms with Crippen molar-refractivity contribution in [3.8, 4) is 0 Å². The van der Waals surface area contributed by atoms with Gasteiger partial charge in [0.15, 0.2) is 0 Å². The Morgan fingerprint density at radius 1 is 1.15 bits per heavy atom. The molecule has 3 aliphatic rings. The fourth-order valence-electron chi connectivity index (χ4n) is 4.81. The molecule has 2 fully saturated rings. The quantitative estimate of drug-likeness (QED) is 0.842. The molecule has 0 radical (unpaired) electrons. The number of carbonyl (C=O) groups is 1. The first-order valence-electron chi connectivity index (χ1n) is 10.1. The van der Waals surface area contributed by atoms with E-state index in [1.807, 2.05) is 6.20 Å². The lowest BCUT2D eigenvalue weighted by atomic mass is 9.68. The number of nitrogens with zero attached hydrogens (tertiary/aromatic N) is 4. The minimum atomic E-state index is 0.0762. The molecule has 1 amide bonds. The zero-order valence-electron chi connectivity index (χ0n) is 15.7. The summed E-state index contributed by atoms with van der Waals surface area (Å²) in [6.07, 6.45) is 10.6. The third kappa shape index (κ3) is 3.20. The van der Waals surface area contributed by atoms with Crippen molar-refractivity contribution >= 4 is 11.7 Å². The average Bonchev–Trinajstić information content (AvgIpc) is 3.53. The van der Waals surface area contributed by atoms with Gasteiger partial charge in [-0.2, -0.15) is 0 Å². The van der Waals surface area contributed by atoms with Gasteiger partial charge < -0.3 is 9.80 Å². The van der Waals surface area contributed by atoms with E-state index in [9.17, 15) is 4.79 Å². The largest absolute Gasteiger partial charge is 0.355 e. The van der Waals surface area contributed by atoms with Crippen LogP contribution in [0.15, 0.2) is 42.9 Å². The number of anilines is 1. The molecule has 0 unspecified atom stereocenters. The molecule has 27 heavy (non-hydrogen) atoms. The van der Waals surface area contributed by atoms with Crippen LogP contribution in [0.3, 0.4) is 0 Å². The van der Waals surface area contributed by atoms with Crippen molar-refractivity contribution in [2.24, 2.45) is 5.92 Å². The lowest BCUT2D eigenvalue weighted by Gasteiger charge is -2.49. The Hall–Kier alpha value is -2.43. The number of aromatic nitrogens is 2. The summed E-state index contributed by atoms with van der Waals surface area (Å²) in [6.45, 7) is 3.55. The predicted octanol–water partition coefficient (Wildman–Crippen LogP) is 3.16. The van der Waals surface area contributed by atoms with Crippen LogP contribution in [0.2, 0.25) is 0 Å². The van der Waals surface area contributed by atoms with E-state index in [-0.39, 0.29) is 5.41 Å². The lowest BCUT2D eigenvalue weighted by molar-refractivity contribution is -0.133. The second kappa shape index (κ2) is 6.63. The van der Waals surface area contributed by atoms with Gasteiger partial charge in [-0.3, -0.25) is 9.78 Å². The topological polar surface area (TPSA) is 49.3 Å². The van der Waals surface area contributed by atoms with Gasteiger partial charge in [0.25, 0.3) is 0 Å². The summed E-state index contributed by atoms with van der Waals surface area (Å²) >= 11 is 0. The van der Waals surface area contributed by atoms with Crippen LogP contribution in [0, 0.1) is 5.92 Å². The smallest absolute Gasteiger partial charge is 0.223 e. The zero-order valence-corrected chi connectivity index (χ0v) is 15.7. The molecule has 2 aliphatic heterocycles. The Labute approximate surface area is 160 Å². The van der Waals surface area contributed by atoms with E-state index in [1.54, 1.807) is 12.4 Å². The summed E-state index contributed by atoms with van der Waals surface area (Å²) in [4.78, 5) is 26.0. The Morgan fingerprint density at radius 3 is 2.70 bits per heavy atom. The number of carbonyl (C=O) groups excluding carboxylic acids is 1. The number of rotatable bonds is 3. The van der Waals surface area contributed by atoms with Crippen LogP contribution in [0.25, 0.3) is 0 Å². The molecule has 5 nitrogen and oxygen atoms in total. The summed E-state index contributed by atoms with van der Waals surface area (Å²) in [6, 6.07) is 8.76. The zero-order chi connectivity index (χ0) is 18.3. The Morgan fingerprint density at radius 2 is 1.96 bits per heavy atom. The van der Waals surface area contributed by atoms with Crippen molar-refractivity contribution in [3.05, 3.63) is 54.0 Å². The number of hydrogen-bond acceptors (Lipinski definition) is 4. The van der Waals surface area contributed by atoms with Gasteiger partial charge in [-0.1, -0.05) is 24.3 Å². The highest BCUT2D eigenvalue weighted by Crippen LogP contribution is 2.43. The van der Waals surface area contributed by atoms with Gasteiger partial charge in [-0.25, -0.2) is 4.98 Å². The molecule has 1 aromatic heterocycles. The number of hydrogen-bond donors (Lipinski definition) is 0. The van der Waals surface area contributed by atoms with E-state index in [4.69, 9.17) is 0 Å². The Bertz CT molecular complexity index is 825. The maximum Gasteiger partial charge on any atom is 0.223 e. The van der Waals surface area contributed by atoms with Gasteiger partial charge in [0, 0.05) is 50.4 Å². The van der Waals surface area contributed by atoms with Gasteiger partial charge in [-0.15, -0.1) is 0 Å². The molecule has 3 heterocycles. The summed E-state index contributed by atoms with van der Waals surface area (Å²) < 4.78 is 0. The highest BCUT2D eigenvalue weighted by Gasteiger charge is 2.43. The maximum atomic E-state index is 12.9. The van der Waals surface area contributed by atoms with Crippen LogP contribution in [0.4, 0.5) is 5.82 Å². The maximum absolute atomic E-state index is 12.9. The molecule has 1 spiro atoms. The second-order valence-corrected chi connectivity index (χ2v) is 8.39. The second-order valence-electron chi connectivity index (χ2n) is 8.39. The molecule has 2 aromatic rings. The number of piperidine rings is 1. The standard InChI is InChI=1S/C22H26N4O/c27-21(13-17-5-6-17)26-15-18-3-1-2-4-19(18)22(16-26)7-11-25(12-8-22)20-14-23-9-10-24-20/h1-4,9-10,14,17H,5-8,11-13,15-16H2. The molecule has 0 N–H and O–H groups in total. The van der Waals surface area contributed by atoms with E-state index in [2.05, 4.69) is 44.0 Å². The van der Waals surface area contributed by atoms with E-state index in [0.717, 1.165) is 51.3 Å². The molecular formula is C22H26N4O. The predicted molar refractivity (Wildman–Crippen MR) is 104 cm³/mol. The molecule has 1 aliphatic carbocycles. The van der Waals surface area contributed by atoms with Crippen molar-refractivity contribution in [1.82, 2.24) is 14.9 Å². The summed E-state index contributed by atoms with van der Waals surface area (Å²) in [5.74, 6) is 1.95. The van der Waals surface area contributed by atoms with E-state index >= 15 is 0 Å². The minimum Gasteiger partial charge on any atom is -0.355 e. The van der Waals surface area contributed by atoms with Gasteiger partial charge in [0.2, 0.25) is 5.91 Å². The van der Waals surface area contributed by atoms with Crippen molar-refractivity contribution in [2.45, 2.75) is 44.1 Å². The fraction of sp³-hybridized carbons (Fsp3) is 0.500. The number of amides is 1. The van der Waals surface area contributed by atoms with Gasteiger partial charge in [0.1, 0.15) is 5.82 Å². The monoisotopic (exact) mass is 362 g/mol. The van der Waals surface area contributed by atoms with Crippen LogP contribution in [0.1, 0.15) is 43.2 Å². The minimum absolute atomic E-state index is 0.0762. The lowest BCUT2D eigenvalue weighted by Crippen LogP contribution is -2.53. The van der Waals surface area contributed by atoms with E-state index in [1.165, 1.54) is 24.0 Å². The Balaban J connectivity index is 1.39. The van der Waals surface area contributed by atoms with Gasteiger partial charge >= 0.3 is 0 Å². The average molecular weight is 362 g/mol. The third-order valence-corrected chi connectivity index (χ3v) is 6.55. The molecule has 1 saturated heterocycles. The molecule has 1 aromatic carbocycles. The van der Waals surface area contributed by atoms with Crippen LogP contribution < -0.4 is 4.90 Å². The molecule has 1 saturated carbocycles. The van der Waals surface area contributed by atoms with Gasteiger partial charge in [0.05, 0.1) is 6.20 Å². The SMILES string of the molecule is O=C(CC1CC1)N1Cc2ccccc2C2(CCN(c3cnccn3)CC2)C1. The molecule has 5 rings (SSSR count). The first kappa shape index (κ1) is 16.7.